The first-order valence-electron chi connectivity index (χ1n) is 4.71. The van der Waals surface area contributed by atoms with Crippen molar-refractivity contribution in [3.63, 3.8) is 0 Å². The smallest absolute Gasteiger partial charge is 0.124 e. The maximum Gasteiger partial charge on any atom is 0.124 e. The van der Waals surface area contributed by atoms with Gasteiger partial charge in [0.1, 0.15) is 6.10 Å². The van der Waals surface area contributed by atoms with Gasteiger partial charge in [0.05, 0.1) is 12.3 Å². The number of ether oxygens (including phenoxy) is 1. The second-order valence-electron chi connectivity index (χ2n) is 3.44. The van der Waals surface area contributed by atoms with Gasteiger partial charge in [-0.3, -0.25) is 0 Å². The van der Waals surface area contributed by atoms with Crippen molar-refractivity contribution >= 4 is 5.71 Å². The van der Waals surface area contributed by atoms with Crippen molar-refractivity contribution in [1.29, 1.82) is 0 Å². The third-order valence-corrected chi connectivity index (χ3v) is 2.53. The van der Waals surface area contributed by atoms with Gasteiger partial charge in [0.2, 0.25) is 0 Å². The minimum Gasteiger partial charge on any atom is -0.411 e. The topological polar surface area (TPSA) is 41.8 Å². The van der Waals surface area contributed by atoms with Gasteiger partial charge >= 0.3 is 0 Å². The van der Waals surface area contributed by atoms with E-state index in [0.717, 1.165) is 12.0 Å². The van der Waals surface area contributed by atoms with E-state index >= 15 is 0 Å². The first-order chi connectivity index (χ1) is 6.83. The molecule has 74 valence electrons. The van der Waals surface area contributed by atoms with Crippen LogP contribution in [-0.4, -0.2) is 17.5 Å². The molecule has 0 aliphatic carbocycles. The Labute approximate surface area is 83.0 Å². The zero-order valence-electron chi connectivity index (χ0n) is 8.10. The quantitative estimate of drug-likeness (QED) is 0.420. The third kappa shape index (κ3) is 1.51. The van der Waals surface area contributed by atoms with Gasteiger partial charge in [-0.15, -0.1) is 0 Å². The number of rotatable bonds is 1. The molecule has 0 radical (unpaired) electrons. The predicted octanol–water partition coefficient (Wildman–Crippen LogP) is 2.15. The van der Waals surface area contributed by atoms with Gasteiger partial charge in [0.25, 0.3) is 0 Å². The molecule has 1 aliphatic heterocycles. The molecule has 14 heavy (non-hydrogen) atoms. The Morgan fingerprint density at radius 2 is 2.29 bits per heavy atom. The van der Waals surface area contributed by atoms with Gasteiger partial charge in [-0.05, 0) is 24.5 Å². The lowest BCUT2D eigenvalue weighted by Gasteiger charge is -2.25. The average Bonchev–Trinajstić information content (AvgIpc) is 2.27. The van der Waals surface area contributed by atoms with Crippen LogP contribution in [0.3, 0.4) is 0 Å². The van der Waals surface area contributed by atoms with Gasteiger partial charge in [0.15, 0.2) is 0 Å². The highest BCUT2D eigenvalue weighted by atomic mass is 16.5. The van der Waals surface area contributed by atoms with Gasteiger partial charge in [-0.2, -0.15) is 0 Å². The summed E-state index contributed by atoms with van der Waals surface area (Å²) in [5.74, 6) is 0. The number of benzene rings is 1. The highest BCUT2D eigenvalue weighted by Crippen LogP contribution is 2.27. The molecule has 1 aliphatic rings. The van der Waals surface area contributed by atoms with E-state index in [-0.39, 0.29) is 6.10 Å². The van der Waals surface area contributed by atoms with Crippen LogP contribution in [0.1, 0.15) is 24.2 Å². The Kier molecular flexibility index (Phi) is 2.50. The van der Waals surface area contributed by atoms with Crippen molar-refractivity contribution < 1.29 is 9.94 Å². The van der Waals surface area contributed by atoms with Crippen LogP contribution in [0.25, 0.3) is 0 Å². The predicted molar refractivity (Wildman–Crippen MR) is 53.7 cm³/mol. The minimum atomic E-state index is -0.176. The third-order valence-electron chi connectivity index (χ3n) is 2.53. The average molecular weight is 191 g/mol. The number of fused-ring (bicyclic) bond motifs is 1. The van der Waals surface area contributed by atoms with Crippen LogP contribution in [0, 0.1) is 0 Å². The number of nitrogens with zero attached hydrogens (tertiary/aromatic N) is 1. The molecule has 1 heterocycles. The van der Waals surface area contributed by atoms with Gasteiger partial charge in [-0.25, -0.2) is 0 Å². The molecule has 0 aromatic heterocycles. The molecule has 1 aromatic rings. The summed E-state index contributed by atoms with van der Waals surface area (Å²) in [6.07, 6.45) is 0.760. The van der Waals surface area contributed by atoms with Crippen LogP contribution in [0.15, 0.2) is 29.4 Å². The monoisotopic (exact) mass is 191 g/mol. The van der Waals surface area contributed by atoms with Crippen LogP contribution >= 0.6 is 0 Å². The second kappa shape index (κ2) is 3.80. The molecule has 1 N–H and O–H groups in total. The zero-order valence-corrected chi connectivity index (χ0v) is 8.10. The summed E-state index contributed by atoms with van der Waals surface area (Å²) < 4.78 is 5.57. The Balaban J connectivity index is 2.40. The van der Waals surface area contributed by atoms with E-state index in [2.05, 4.69) is 11.2 Å². The number of hydrogen-bond acceptors (Lipinski definition) is 3. The van der Waals surface area contributed by atoms with Gasteiger partial charge in [-0.1, -0.05) is 29.4 Å². The zero-order chi connectivity index (χ0) is 9.97. The summed E-state index contributed by atoms with van der Waals surface area (Å²) in [5.41, 5.74) is 3.01. The van der Waals surface area contributed by atoms with Crippen LogP contribution in [0.5, 0.6) is 0 Å². The normalized spacial score (nSPS) is 21.8. The molecule has 3 heteroatoms. The van der Waals surface area contributed by atoms with Crippen LogP contribution in [-0.2, 0) is 11.2 Å². The molecule has 0 saturated heterocycles. The van der Waals surface area contributed by atoms with Gasteiger partial charge in [0, 0.05) is 0 Å². The maximum atomic E-state index is 8.72. The molecule has 0 spiro atoms. The van der Waals surface area contributed by atoms with Crippen molar-refractivity contribution in [2.75, 3.05) is 6.61 Å². The van der Waals surface area contributed by atoms with E-state index in [1.54, 1.807) is 6.92 Å². The van der Waals surface area contributed by atoms with E-state index in [0.29, 0.717) is 12.3 Å². The van der Waals surface area contributed by atoms with E-state index in [4.69, 9.17) is 9.94 Å². The molecule has 2 rings (SSSR count). The van der Waals surface area contributed by atoms with Crippen molar-refractivity contribution in [3.05, 3.63) is 35.4 Å². The van der Waals surface area contributed by atoms with Crippen LogP contribution in [0.2, 0.25) is 0 Å². The summed E-state index contributed by atoms with van der Waals surface area (Å²) in [4.78, 5) is 0. The van der Waals surface area contributed by atoms with Crippen molar-refractivity contribution in [1.82, 2.24) is 0 Å². The maximum absolute atomic E-state index is 8.72. The van der Waals surface area contributed by atoms with E-state index in [1.165, 1.54) is 5.56 Å². The Bertz CT molecular complexity index is 360. The van der Waals surface area contributed by atoms with Gasteiger partial charge < -0.3 is 9.94 Å². The minimum absolute atomic E-state index is 0.176. The SMILES string of the molecule is C/C(=N/O)[C@@H]1OCCc2ccccc21. The summed E-state index contributed by atoms with van der Waals surface area (Å²) in [6.45, 7) is 2.46. The Hall–Kier alpha value is -1.35. The van der Waals surface area contributed by atoms with Crippen molar-refractivity contribution in [2.45, 2.75) is 19.4 Å². The largest absolute Gasteiger partial charge is 0.411 e. The number of hydrogen-bond donors (Lipinski definition) is 1. The van der Waals surface area contributed by atoms with Crippen molar-refractivity contribution in [3.8, 4) is 0 Å². The highest BCUT2D eigenvalue weighted by molar-refractivity contribution is 5.87. The summed E-state index contributed by atoms with van der Waals surface area (Å²) in [5, 5.41) is 11.9. The highest BCUT2D eigenvalue weighted by Gasteiger charge is 2.22. The lowest BCUT2D eigenvalue weighted by atomic mass is 9.95. The standard InChI is InChI=1S/C11H13NO2/c1-8(12-13)11-10-5-3-2-4-9(10)6-7-14-11/h2-5,11,13H,6-7H2,1H3/b12-8-/t11-/m0/s1. The summed E-state index contributed by atoms with van der Waals surface area (Å²) in [6, 6.07) is 8.11. The fourth-order valence-corrected chi connectivity index (χ4v) is 1.79. The molecular weight excluding hydrogens is 178 g/mol. The number of oxime groups is 1. The first kappa shape index (κ1) is 9.21. The Morgan fingerprint density at radius 1 is 1.50 bits per heavy atom. The molecule has 0 saturated carbocycles. The molecule has 3 nitrogen and oxygen atoms in total. The molecule has 0 bridgehead atoms. The molecule has 1 atom stereocenters. The van der Waals surface area contributed by atoms with Crippen molar-refractivity contribution in [2.24, 2.45) is 5.16 Å². The molecule has 1 aromatic carbocycles. The molecule has 0 unspecified atom stereocenters. The fourth-order valence-electron chi connectivity index (χ4n) is 1.79. The first-order valence-corrected chi connectivity index (χ1v) is 4.71. The van der Waals surface area contributed by atoms with E-state index < -0.39 is 0 Å². The van der Waals surface area contributed by atoms with E-state index in [1.807, 2.05) is 18.2 Å². The lowest BCUT2D eigenvalue weighted by molar-refractivity contribution is 0.0848. The molecular formula is C11H13NO2. The lowest BCUT2D eigenvalue weighted by Crippen LogP contribution is -2.21. The van der Waals surface area contributed by atoms with E-state index in [9.17, 15) is 0 Å². The molecule has 0 amide bonds. The second-order valence-corrected chi connectivity index (χ2v) is 3.44. The summed E-state index contributed by atoms with van der Waals surface area (Å²) in [7, 11) is 0. The van der Waals surface area contributed by atoms with Crippen LogP contribution < -0.4 is 0 Å². The fraction of sp³-hybridized carbons (Fsp3) is 0.364. The Morgan fingerprint density at radius 3 is 3.07 bits per heavy atom. The molecule has 0 fully saturated rings. The van der Waals surface area contributed by atoms with Crippen LogP contribution in [0.4, 0.5) is 0 Å². The summed E-state index contributed by atoms with van der Waals surface area (Å²) >= 11 is 0.